The van der Waals surface area contributed by atoms with E-state index in [2.05, 4.69) is 6.92 Å². The third-order valence-corrected chi connectivity index (χ3v) is 4.29. The van der Waals surface area contributed by atoms with Crippen molar-refractivity contribution in [2.24, 2.45) is 11.7 Å². The summed E-state index contributed by atoms with van der Waals surface area (Å²) in [4.78, 5) is 25.1. The Bertz CT molecular complexity index is 387. The Morgan fingerprint density at radius 2 is 2.25 bits per heavy atom. The normalized spacial score (nSPS) is 34.8. The van der Waals surface area contributed by atoms with Crippen molar-refractivity contribution in [3.05, 3.63) is 0 Å². The highest BCUT2D eigenvalue weighted by atomic mass is 16.5. The minimum absolute atomic E-state index is 0.0391. The van der Waals surface area contributed by atoms with Gasteiger partial charge in [-0.3, -0.25) is 9.59 Å². The van der Waals surface area contributed by atoms with Gasteiger partial charge in [-0.2, -0.15) is 0 Å². The Hall–Kier alpha value is -1.14. The maximum absolute atomic E-state index is 12.6. The fraction of sp³-hybridized carbons (Fsp3) is 0.857. The molecule has 1 aliphatic carbocycles. The van der Waals surface area contributed by atoms with Gasteiger partial charge in [0.2, 0.25) is 5.91 Å². The lowest BCUT2D eigenvalue weighted by molar-refractivity contribution is -0.151. The molecule has 3 atom stereocenters. The van der Waals surface area contributed by atoms with Crippen LogP contribution in [0.5, 0.6) is 0 Å². The van der Waals surface area contributed by atoms with E-state index in [0.29, 0.717) is 32.0 Å². The maximum atomic E-state index is 12.6. The van der Waals surface area contributed by atoms with Crippen LogP contribution in [0.25, 0.3) is 0 Å². The average Bonchev–Trinajstić information content (AvgIpc) is 2.37. The van der Waals surface area contributed by atoms with Gasteiger partial charge in [0.25, 0.3) is 0 Å². The van der Waals surface area contributed by atoms with E-state index in [1.165, 1.54) is 0 Å². The van der Waals surface area contributed by atoms with Crippen LogP contribution < -0.4 is 5.73 Å². The van der Waals surface area contributed by atoms with Crippen molar-refractivity contribution in [2.75, 3.05) is 19.7 Å². The number of nitrogens with two attached hydrogens (primary N) is 1. The molecule has 3 N–H and O–H groups in total. The Labute approximate surface area is 119 Å². The Morgan fingerprint density at radius 3 is 2.90 bits per heavy atom. The molecule has 0 aromatic heterocycles. The zero-order chi connectivity index (χ0) is 14.8. The number of rotatable bonds is 3. The zero-order valence-electron chi connectivity index (χ0n) is 12.0. The molecule has 0 spiro atoms. The Kier molecular flexibility index (Phi) is 4.65. The molecule has 1 heterocycles. The minimum Gasteiger partial charge on any atom is -0.481 e. The number of carbonyl (C=O) groups excluding carboxylic acids is 1. The van der Waals surface area contributed by atoms with Gasteiger partial charge in [-0.05, 0) is 18.8 Å². The first kappa shape index (κ1) is 15.3. The van der Waals surface area contributed by atoms with Crippen LogP contribution in [-0.2, 0) is 14.3 Å². The number of morpholine rings is 1. The summed E-state index contributed by atoms with van der Waals surface area (Å²) in [5, 5.41) is 8.82. The second-order valence-electron chi connectivity index (χ2n) is 6.20. The molecule has 1 saturated carbocycles. The van der Waals surface area contributed by atoms with Gasteiger partial charge >= 0.3 is 5.97 Å². The average molecular weight is 284 g/mol. The number of hydrogen-bond donors (Lipinski definition) is 2. The second kappa shape index (κ2) is 6.10. The number of hydrogen-bond acceptors (Lipinski definition) is 4. The summed E-state index contributed by atoms with van der Waals surface area (Å²) in [5.41, 5.74) is 5.55. The van der Waals surface area contributed by atoms with E-state index in [0.717, 1.165) is 19.3 Å². The van der Waals surface area contributed by atoms with E-state index >= 15 is 0 Å². The molecule has 1 amide bonds. The number of ether oxygens (including phenoxy) is 1. The number of carboxylic acids is 1. The fourth-order valence-electron chi connectivity index (χ4n) is 3.32. The summed E-state index contributed by atoms with van der Waals surface area (Å²) in [7, 11) is 0. The predicted molar refractivity (Wildman–Crippen MR) is 73.1 cm³/mol. The molecule has 0 radical (unpaired) electrons. The van der Waals surface area contributed by atoms with Gasteiger partial charge in [0.05, 0.1) is 24.7 Å². The molecule has 2 fully saturated rings. The third-order valence-electron chi connectivity index (χ3n) is 4.29. The zero-order valence-corrected chi connectivity index (χ0v) is 12.0. The fourth-order valence-corrected chi connectivity index (χ4v) is 3.32. The molecule has 2 rings (SSSR count). The summed E-state index contributed by atoms with van der Waals surface area (Å²) in [6.07, 6.45) is 3.04. The first-order valence-electron chi connectivity index (χ1n) is 7.32. The number of aliphatic carboxylic acids is 1. The van der Waals surface area contributed by atoms with Gasteiger partial charge in [-0.1, -0.05) is 19.8 Å². The molecule has 114 valence electrons. The van der Waals surface area contributed by atoms with Crippen molar-refractivity contribution in [2.45, 2.75) is 50.7 Å². The van der Waals surface area contributed by atoms with Crippen LogP contribution in [0, 0.1) is 5.92 Å². The maximum Gasteiger partial charge on any atom is 0.306 e. The molecule has 0 aromatic rings. The number of amides is 1. The summed E-state index contributed by atoms with van der Waals surface area (Å²) in [6, 6.07) is 0. The van der Waals surface area contributed by atoms with Gasteiger partial charge in [0, 0.05) is 13.1 Å². The van der Waals surface area contributed by atoms with E-state index in [9.17, 15) is 9.59 Å². The minimum atomic E-state index is -0.905. The highest BCUT2D eigenvalue weighted by molar-refractivity contribution is 5.86. The standard InChI is InChI=1S/C14H24N2O4/c1-10-3-2-4-14(15,8-10)13(19)16-5-6-20-11(9-16)7-12(17)18/h10-11H,2-9,15H2,1H3,(H,17,18). The summed E-state index contributed by atoms with van der Waals surface area (Å²) < 4.78 is 5.40. The van der Waals surface area contributed by atoms with Crippen molar-refractivity contribution in [3.63, 3.8) is 0 Å². The van der Waals surface area contributed by atoms with Gasteiger partial charge in [0.1, 0.15) is 0 Å². The topological polar surface area (TPSA) is 92.9 Å². The van der Waals surface area contributed by atoms with Crippen LogP contribution in [0.4, 0.5) is 0 Å². The number of carboxylic acid groups (broad SMARTS) is 1. The molecule has 1 aliphatic heterocycles. The molecule has 6 heteroatoms. The number of nitrogens with zero attached hydrogens (tertiary/aromatic N) is 1. The quantitative estimate of drug-likeness (QED) is 0.791. The van der Waals surface area contributed by atoms with Crippen molar-refractivity contribution >= 4 is 11.9 Å². The molecular weight excluding hydrogens is 260 g/mol. The molecule has 0 bridgehead atoms. The third kappa shape index (κ3) is 3.49. The number of carbonyl (C=O) groups is 2. The van der Waals surface area contributed by atoms with Crippen LogP contribution in [0.1, 0.15) is 39.0 Å². The summed E-state index contributed by atoms with van der Waals surface area (Å²) >= 11 is 0. The van der Waals surface area contributed by atoms with Crippen LogP contribution in [0.15, 0.2) is 0 Å². The lowest BCUT2D eigenvalue weighted by atomic mass is 9.76. The van der Waals surface area contributed by atoms with E-state index in [-0.39, 0.29) is 12.3 Å². The SMILES string of the molecule is CC1CCCC(N)(C(=O)N2CCOC(CC(=O)O)C2)C1. The molecule has 6 nitrogen and oxygen atoms in total. The van der Waals surface area contributed by atoms with Crippen molar-refractivity contribution in [1.82, 2.24) is 4.90 Å². The molecule has 2 aliphatic rings. The Morgan fingerprint density at radius 1 is 1.50 bits per heavy atom. The monoisotopic (exact) mass is 284 g/mol. The largest absolute Gasteiger partial charge is 0.481 e. The van der Waals surface area contributed by atoms with Gasteiger partial charge in [-0.15, -0.1) is 0 Å². The second-order valence-corrected chi connectivity index (χ2v) is 6.20. The van der Waals surface area contributed by atoms with E-state index < -0.39 is 17.6 Å². The Balaban J connectivity index is 1.99. The van der Waals surface area contributed by atoms with E-state index in [4.69, 9.17) is 15.6 Å². The molecule has 1 saturated heterocycles. The molecular formula is C14H24N2O4. The van der Waals surface area contributed by atoms with Gasteiger partial charge in [0.15, 0.2) is 0 Å². The summed E-state index contributed by atoms with van der Waals surface area (Å²) in [6.45, 7) is 3.34. The van der Waals surface area contributed by atoms with Gasteiger partial charge < -0.3 is 20.5 Å². The highest BCUT2D eigenvalue weighted by Crippen LogP contribution is 2.32. The smallest absolute Gasteiger partial charge is 0.306 e. The van der Waals surface area contributed by atoms with Crippen molar-refractivity contribution < 1.29 is 19.4 Å². The first-order valence-corrected chi connectivity index (χ1v) is 7.32. The van der Waals surface area contributed by atoms with Crippen LogP contribution in [0.3, 0.4) is 0 Å². The lowest BCUT2D eigenvalue weighted by Crippen LogP contribution is -2.60. The van der Waals surface area contributed by atoms with E-state index in [1.807, 2.05) is 0 Å². The van der Waals surface area contributed by atoms with Gasteiger partial charge in [-0.25, -0.2) is 0 Å². The van der Waals surface area contributed by atoms with Crippen LogP contribution >= 0.6 is 0 Å². The van der Waals surface area contributed by atoms with Crippen LogP contribution in [0.2, 0.25) is 0 Å². The molecule has 3 unspecified atom stereocenters. The highest BCUT2D eigenvalue weighted by Gasteiger charge is 2.41. The predicted octanol–water partition coefficient (Wildman–Crippen LogP) is 0.596. The van der Waals surface area contributed by atoms with Crippen molar-refractivity contribution in [3.8, 4) is 0 Å². The summed E-state index contributed by atoms with van der Waals surface area (Å²) in [5.74, 6) is -0.477. The lowest BCUT2D eigenvalue weighted by Gasteiger charge is -2.41. The molecule has 0 aromatic carbocycles. The van der Waals surface area contributed by atoms with Crippen molar-refractivity contribution in [1.29, 1.82) is 0 Å². The van der Waals surface area contributed by atoms with E-state index in [1.54, 1.807) is 4.90 Å². The molecule has 20 heavy (non-hydrogen) atoms. The van der Waals surface area contributed by atoms with Crippen LogP contribution in [-0.4, -0.2) is 53.2 Å². The first-order chi connectivity index (χ1) is 9.40.